The normalized spacial score (nSPS) is 12.0. The monoisotopic (exact) mass is 276 g/mol. The Morgan fingerprint density at radius 2 is 1.80 bits per heavy atom. The minimum Gasteiger partial charge on any atom is -0.299 e. The van der Waals surface area contributed by atoms with Gasteiger partial charge in [0.1, 0.15) is 6.33 Å². The van der Waals surface area contributed by atoms with E-state index in [2.05, 4.69) is 4.98 Å². The Morgan fingerprint density at radius 1 is 1.05 bits per heavy atom. The topological polar surface area (TPSA) is 17.8 Å². The number of rotatable bonds is 1. The summed E-state index contributed by atoms with van der Waals surface area (Å²) in [5.74, 6) is 0. The molecule has 3 aromatic rings. The second kappa shape index (κ2) is 4.37. The molecule has 0 bridgehead atoms. The summed E-state index contributed by atoms with van der Waals surface area (Å²) in [6.45, 7) is 1.46. The Kier molecular flexibility index (Phi) is 2.78. The molecule has 0 atom stereocenters. The Balaban J connectivity index is 2.20. The molecule has 0 unspecified atom stereocenters. The van der Waals surface area contributed by atoms with Crippen LogP contribution in [0.15, 0.2) is 48.8 Å². The number of hydrogen-bond donors (Lipinski definition) is 0. The van der Waals surface area contributed by atoms with Crippen molar-refractivity contribution in [1.29, 1.82) is 0 Å². The first-order valence-corrected chi connectivity index (χ1v) is 6.07. The highest BCUT2D eigenvalue weighted by molar-refractivity contribution is 5.77. The molecule has 0 saturated heterocycles. The van der Waals surface area contributed by atoms with E-state index in [1.807, 2.05) is 24.3 Å². The molecule has 0 aliphatic heterocycles. The zero-order chi connectivity index (χ0) is 14.3. The van der Waals surface area contributed by atoms with Crippen molar-refractivity contribution in [3.05, 3.63) is 59.9 Å². The van der Waals surface area contributed by atoms with Crippen LogP contribution in [0.3, 0.4) is 0 Å². The van der Waals surface area contributed by atoms with Crippen molar-refractivity contribution >= 4 is 11.0 Å². The highest BCUT2D eigenvalue weighted by Gasteiger charge is 2.32. The van der Waals surface area contributed by atoms with E-state index < -0.39 is 11.7 Å². The van der Waals surface area contributed by atoms with Gasteiger partial charge in [0, 0.05) is 5.69 Å². The SMILES string of the molecule is Cc1ccc(-n2cnc3ccccc32)cc1C(F)(F)F. The number of aryl methyl sites for hydroxylation is 1. The van der Waals surface area contributed by atoms with Gasteiger partial charge in [0.2, 0.25) is 0 Å². The van der Waals surface area contributed by atoms with Crippen molar-refractivity contribution < 1.29 is 13.2 Å². The van der Waals surface area contributed by atoms with E-state index in [4.69, 9.17) is 0 Å². The van der Waals surface area contributed by atoms with E-state index in [0.717, 1.165) is 17.1 Å². The molecule has 0 aliphatic rings. The van der Waals surface area contributed by atoms with E-state index in [1.165, 1.54) is 19.3 Å². The number of hydrogen-bond acceptors (Lipinski definition) is 1. The predicted molar refractivity (Wildman–Crippen MR) is 70.8 cm³/mol. The molecule has 0 spiro atoms. The largest absolute Gasteiger partial charge is 0.416 e. The predicted octanol–water partition coefficient (Wildman–Crippen LogP) is 4.35. The van der Waals surface area contributed by atoms with Crippen LogP contribution < -0.4 is 0 Å². The van der Waals surface area contributed by atoms with Gasteiger partial charge in [-0.3, -0.25) is 4.57 Å². The molecular weight excluding hydrogens is 265 g/mol. The summed E-state index contributed by atoms with van der Waals surface area (Å²) in [7, 11) is 0. The van der Waals surface area contributed by atoms with E-state index in [0.29, 0.717) is 5.69 Å². The Morgan fingerprint density at radius 3 is 2.55 bits per heavy atom. The third-order valence-corrected chi connectivity index (χ3v) is 3.26. The molecule has 5 heteroatoms. The highest BCUT2D eigenvalue weighted by atomic mass is 19.4. The molecule has 3 rings (SSSR count). The average molecular weight is 276 g/mol. The Labute approximate surface area is 113 Å². The number of benzene rings is 2. The summed E-state index contributed by atoms with van der Waals surface area (Å²) in [5, 5.41) is 0. The van der Waals surface area contributed by atoms with Crippen LogP contribution in [0, 0.1) is 6.92 Å². The van der Waals surface area contributed by atoms with E-state index in [1.54, 1.807) is 10.6 Å². The van der Waals surface area contributed by atoms with Crippen LogP contribution in [-0.2, 0) is 6.18 Å². The number of nitrogens with zero attached hydrogens (tertiary/aromatic N) is 2. The summed E-state index contributed by atoms with van der Waals surface area (Å²) < 4.78 is 40.5. The van der Waals surface area contributed by atoms with Crippen molar-refractivity contribution in [3.63, 3.8) is 0 Å². The van der Waals surface area contributed by atoms with E-state index in [-0.39, 0.29) is 5.56 Å². The molecule has 0 fully saturated rings. The second-order valence-corrected chi connectivity index (χ2v) is 4.60. The van der Waals surface area contributed by atoms with E-state index in [9.17, 15) is 13.2 Å². The number of fused-ring (bicyclic) bond motifs is 1. The smallest absolute Gasteiger partial charge is 0.299 e. The number of imidazole rings is 1. The summed E-state index contributed by atoms with van der Waals surface area (Å²) in [6, 6.07) is 11.6. The minimum absolute atomic E-state index is 0.214. The van der Waals surface area contributed by atoms with Crippen LogP contribution in [0.4, 0.5) is 13.2 Å². The van der Waals surface area contributed by atoms with Crippen LogP contribution in [0.1, 0.15) is 11.1 Å². The summed E-state index contributed by atoms with van der Waals surface area (Å²) >= 11 is 0. The van der Waals surface area contributed by atoms with Gasteiger partial charge in [-0.15, -0.1) is 0 Å². The number of aromatic nitrogens is 2. The molecule has 0 saturated carbocycles. The van der Waals surface area contributed by atoms with Gasteiger partial charge in [0.05, 0.1) is 16.6 Å². The lowest BCUT2D eigenvalue weighted by Crippen LogP contribution is -2.08. The van der Waals surface area contributed by atoms with Gasteiger partial charge in [0.15, 0.2) is 0 Å². The fraction of sp³-hybridized carbons (Fsp3) is 0.133. The third-order valence-electron chi connectivity index (χ3n) is 3.26. The zero-order valence-electron chi connectivity index (χ0n) is 10.6. The maximum Gasteiger partial charge on any atom is 0.416 e. The standard InChI is InChI=1S/C15H11F3N2/c1-10-6-7-11(8-12(10)15(16,17)18)20-9-19-13-4-2-3-5-14(13)20/h2-9H,1H3. The van der Waals surface area contributed by atoms with Gasteiger partial charge in [-0.1, -0.05) is 18.2 Å². The molecule has 102 valence electrons. The summed E-state index contributed by atoms with van der Waals surface area (Å²) in [5.41, 5.74) is 1.58. The fourth-order valence-electron chi connectivity index (χ4n) is 2.23. The highest BCUT2D eigenvalue weighted by Crippen LogP contribution is 2.33. The molecule has 20 heavy (non-hydrogen) atoms. The molecule has 0 N–H and O–H groups in total. The first kappa shape index (κ1) is 12.7. The average Bonchev–Trinajstić information content (AvgIpc) is 2.82. The van der Waals surface area contributed by atoms with Gasteiger partial charge >= 0.3 is 6.18 Å². The molecule has 2 nitrogen and oxygen atoms in total. The molecular formula is C15H11F3N2. The van der Waals surface area contributed by atoms with Gasteiger partial charge in [0.25, 0.3) is 0 Å². The summed E-state index contributed by atoms with van der Waals surface area (Å²) in [4.78, 5) is 4.19. The maximum absolute atomic E-state index is 13.0. The van der Waals surface area contributed by atoms with Crippen LogP contribution in [0.25, 0.3) is 16.7 Å². The second-order valence-electron chi connectivity index (χ2n) is 4.60. The molecule has 0 radical (unpaired) electrons. The lowest BCUT2D eigenvalue weighted by molar-refractivity contribution is -0.138. The number of halogens is 3. The van der Waals surface area contributed by atoms with Crippen LogP contribution in [0.2, 0.25) is 0 Å². The van der Waals surface area contributed by atoms with Crippen LogP contribution >= 0.6 is 0 Å². The van der Waals surface area contributed by atoms with Gasteiger partial charge < -0.3 is 0 Å². The van der Waals surface area contributed by atoms with Crippen molar-refractivity contribution in [2.24, 2.45) is 0 Å². The Hall–Kier alpha value is -2.30. The Bertz CT molecular complexity index is 772. The van der Waals surface area contributed by atoms with Crippen LogP contribution in [0.5, 0.6) is 0 Å². The molecule has 2 aromatic carbocycles. The van der Waals surface area contributed by atoms with E-state index >= 15 is 0 Å². The maximum atomic E-state index is 13.0. The van der Waals surface area contributed by atoms with Crippen LogP contribution in [-0.4, -0.2) is 9.55 Å². The fourth-order valence-corrected chi connectivity index (χ4v) is 2.23. The van der Waals surface area contributed by atoms with Gasteiger partial charge in [-0.05, 0) is 36.8 Å². The lowest BCUT2D eigenvalue weighted by Gasteiger charge is -2.13. The van der Waals surface area contributed by atoms with Gasteiger partial charge in [-0.25, -0.2) is 4.98 Å². The quantitative estimate of drug-likeness (QED) is 0.646. The number of alkyl halides is 3. The molecule has 0 amide bonds. The lowest BCUT2D eigenvalue weighted by atomic mass is 10.1. The number of para-hydroxylation sites is 2. The van der Waals surface area contributed by atoms with Gasteiger partial charge in [-0.2, -0.15) is 13.2 Å². The molecule has 1 heterocycles. The first-order chi connectivity index (χ1) is 9.47. The minimum atomic E-state index is -4.35. The van der Waals surface area contributed by atoms with Crippen molar-refractivity contribution in [2.75, 3.05) is 0 Å². The molecule has 0 aliphatic carbocycles. The molecule has 1 aromatic heterocycles. The van der Waals surface area contributed by atoms with Crippen molar-refractivity contribution in [3.8, 4) is 5.69 Å². The first-order valence-electron chi connectivity index (χ1n) is 6.07. The van der Waals surface area contributed by atoms with Crippen molar-refractivity contribution in [2.45, 2.75) is 13.1 Å². The third kappa shape index (κ3) is 2.05. The zero-order valence-corrected chi connectivity index (χ0v) is 10.6. The summed E-state index contributed by atoms with van der Waals surface area (Å²) in [6.07, 6.45) is -2.81. The van der Waals surface area contributed by atoms with Crippen molar-refractivity contribution in [1.82, 2.24) is 9.55 Å².